The van der Waals surface area contributed by atoms with E-state index in [4.69, 9.17) is 0 Å². The van der Waals surface area contributed by atoms with Crippen LogP contribution in [-0.2, 0) is 6.18 Å². The molecule has 2 N–H and O–H groups in total. The molecule has 0 spiro atoms. The summed E-state index contributed by atoms with van der Waals surface area (Å²) in [7, 11) is 0. The van der Waals surface area contributed by atoms with Gasteiger partial charge in [-0.3, -0.25) is 4.79 Å². The van der Waals surface area contributed by atoms with Gasteiger partial charge in [-0.1, -0.05) is 12.1 Å². The highest BCUT2D eigenvalue weighted by atomic mass is 19.4. The van der Waals surface area contributed by atoms with E-state index in [2.05, 4.69) is 25.5 Å². The Morgan fingerprint density at radius 3 is 2.59 bits per heavy atom. The molecule has 4 aromatic rings. The molecule has 1 fully saturated rings. The van der Waals surface area contributed by atoms with Crippen molar-refractivity contribution < 1.29 is 22.4 Å². The molecule has 1 aliphatic heterocycles. The summed E-state index contributed by atoms with van der Waals surface area (Å²) in [5, 5.41) is 6.54. The highest BCUT2D eigenvalue weighted by Crippen LogP contribution is 2.33. The molecule has 1 aliphatic rings. The van der Waals surface area contributed by atoms with Crippen LogP contribution in [0.1, 0.15) is 34.3 Å². The zero-order valence-electron chi connectivity index (χ0n) is 21.3. The third-order valence-electron chi connectivity index (χ3n) is 6.83. The van der Waals surface area contributed by atoms with Crippen LogP contribution in [0, 0.1) is 12.7 Å². The van der Waals surface area contributed by atoms with Gasteiger partial charge in [0.25, 0.3) is 5.91 Å². The number of likely N-dealkylation sites (tertiary alicyclic amines) is 1. The lowest BCUT2D eigenvalue weighted by molar-refractivity contribution is -0.139. The van der Waals surface area contributed by atoms with E-state index in [1.807, 2.05) is 25.1 Å². The second-order valence-corrected chi connectivity index (χ2v) is 9.62. The standard InChI is InChI=1S/C29H27F4N5O/c1-18-4-5-20(27(39)36-22-7-8-25(30)24(16-22)29(31,32)33)15-23(18)19-6-9-26-21(14-19)17-35-28(37-26)34-10-13-38-11-2-3-12-38/h4-9,14-17H,2-3,10-13H2,1H3,(H,36,39)(H,34,35,37). The van der Waals surface area contributed by atoms with Crippen molar-refractivity contribution in [1.82, 2.24) is 14.9 Å². The monoisotopic (exact) mass is 537 g/mol. The first-order valence-electron chi connectivity index (χ1n) is 12.7. The average molecular weight is 538 g/mol. The fraction of sp³-hybridized carbons (Fsp3) is 0.276. The fourth-order valence-corrected chi connectivity index (χ4v) is 4.72. The predicted octanol–water partition coefficient (Wildman–Crippen LogP) is 6.52. The van der Waals surface area contributed by atoms with E-state index < -0.39 is 23.5 Å². The molecular formula is C29H27F4N5O. The SMILES string of the molecule is Cc1ccc(C(=O)Nc2ccc(F)c(C(F)(F)F)c2)cc1-c1ccc2nc(NCCN3CCCC3)ncc2c1. The Bertz CT molecular complexity index is 1520. The van der Waals surface area contributed by atoms with Crippen LogP contribution in [-0.4, -0.2) is 47.0 Å². The van der Waals surface area contributed by atoms with Gasteiger partial charge in [-0.2, -0.15) is 13.2 Å². The van der Waals surface area contributed by atoms with Crippen molar-refractivity contribution in [3.63, 3.8) is 0 Å². The van der Waals surface area contributed by atoms with Gasteiger partial charge in [0.1, 0.15) is 5.82 Å². The normalized spacial score (nSPS) is 14.1. The smallest absolute Gasteiger partial charge is 0.353 e. The molecule has 0 atom stereocenters. The zero-order chi connectivity index (χ0) is 27.6. The number of alkyl halides is 3. The number of hydrogen-bond acceptors (Lipinski definition) is 5. The maximum Gasteiger partial charge on any atom is 0.419 e. The van der Waals surface area contributed by atoms with Gasteiger partial charge < -0.3 is 15.5 Å². The quantitative estimate of drug-likeness (QED) is 0.263. The van der Waals surface area contributed by atoms with Gasteiger partial charge in [0.15, 0.2) is 0 Å². The molecule has 2 heterocycles. The first-order valence-corrected chi connectivity index (χ1v) is 12.7. The molecule has 202 valence electrons. The van der Waals surface area contributed by atoms with Crippen molar-refractivity contribution in [2.24, 2.45) is 0 Å². The number of hydrogen-bond donors (Lipinski definition) is 2. The van der Waals surface area contributed by atoms with Crippen LogP contribution in [0.3, 0.4) is 0 Å². The molecule has 0 bridgehead atoms. The molecule has 3 aromatic carbocycles. The summed E-state index contributed by atoms with van der Waals surface area (Å²) in [5.41, 5.74) is 1.98. The second kappa shape index (κ2) is 11.0. The molecule has 6 nitrogen and oxygen atoms in total. The Balaban J connectivity index is 1.32. The van der Waals surface area contributed by atoms with Crippen LogP contribution >= 0.6 is 0 Å². The number of anilines is 2. The Kier molecular flexibility index (Phi) is 7.47. The van der Waals surface area contributed by atoms with E-state index in [0.29, 0.717) is 18.1 Å². The van der Waals surface area contributed by atoms with Gasteiger partial charge >= 0.3 is 6.18 Å². The van der Waals surface area contributed by atoms with Crippen LogP contribution in [0.5, 0.6) is 0 Å². The predicted molar refractivity (Wildman–Crippen MR) is 143 cm³/mol. The molecular weight excluding hydrogens is 510 g/mol. The molecule has 1 saturated heterocycles. The van der Waals surface area contributed by atoms with Crippen molar-refractivity contribution in [2.75, 3.05) is 36.8 Å². The summed E-state index contributed by atoms with van der Waals surface area (Å²) in [5.74, 6) is -1.44. The number of nitrogens with one attached hydrogen (secondary N) is 2. The van der Waals surface area contributed by atoms with E-state index in [-0.39, 0.29) is 11.3 Å². The van der Waals surface area contributed by atoms with E-state index in [1.54, 1.807) is 24.4 Å². The van der Waals surface area contributed by atoms with E-state index >= 15 is 0 Å². The molecule has 39 heavy (non-hydrogen) atoms. The van der Waals surface area contributed by atoms with Crippen LogP contribution < -0.4 is 10.6 Å². The molecule has 5 rings (SSSR count). The minimum atomic E-state index is -4.87. The Morgan fingerprint density at radius 1 is 1.03 bits per heavy atom. The number of rotatable bonds is 7. The van der Waals surface area contributed by atoms with Gasteiger partial charge in [0.05, 0.1) is 11.1 Å². The van der Waals surface area contributed by atoms with Crippen molar-refractivity contribution >= 4 is 28.4 Å². The van der Waals surface area contributed by atoms with Gasteiger partial charge in [-0.05, 0) is 92.0 Å². The lowest BCUT2D eigenvalue weighted by Crippen LogP contribution is -2.26. The third-order valence-corrected chi connectivity index (χ3v) is 6.83. The number of carbonyl (C=O) groups is 1. The summed E-state index contributed by atoms with van der Waals surface area (Å²) in [6.07, 6.45) is -0.618. The molecule has 10 heteroatoms. The second-order valence-electron chi connectivity index (χ2n) is 9.62. The van der Waals surface area contributed by atoms with E-state index in [0.717, 1.165) is 59.8 Å². The maximum absolute atomic E-state index is 13.6. The summed E-state index contributed by atoms with van der Waals surface area (Å²) in [6.45, 7) is 5.90. The Morgan fingerprint density at radius 2 is 1.82 bits per heavy atom. The van der Waals surface area contributed by atoms with Crippen molar-refractivity contribution in [2.45, 2.75) is 25.9 Å². The molecule has 0 unspecified atom stereocenters. The first kappa shape index (κ1) is 26.6. The summed E-state index contributed by atoms with van der Waals surface area (Å²) < 4.78 is 52.8. The van der Waals surface area contributed by atoms with Crippen molar-refractivity contribution in [1.29, 1.82) is 0 Å². The maximum atomic E-state index is 13.6. The average Bonchev–Trinajstić information content (AvgIpc) is 3.43. The number of carbonyl (C=O) groups excluding carboxylic acids is 1. The van der Waals surface area contributed by atoms with Crippen LogP contribution in [0.15, 0.2) is 60.8 Å². The summed E-state index contributed by atoms with van der Waals surface area (Å²) in [6, 6.07) is 13.1. The van der Waals surface area contributed by atoms with Crippen LogP contribution in [0.2, 0.25) is 0 Å². The largest absolute Gasteiger partial charge is 0.419 e. The third kappa shape index (κ3) is 6.17. The number of nitrogens with zero attached hydrogens (tertiary/aromatic N) is 3. The van der Waals surface area contributed by atoms with Gasteiger partial charge in [0.2, 0.25) is 5.95 Å². The highest BCUT2D eigenvalue weighted by Gasteiger charge is 2.34. The molecule has 0 saturated carbocycles. The Labute approximate surface area is 223 Å². The van der Waals surface area contributed by atoms with Crippen LogP contribution in [0.25, 0.3) is 22.0 Å². The topological polar surface area (TPSA) is 70.2 Å². The number of aryl methyl sites for hydroxylation is 1. The number of amides is 1. The zero-order valence-corrected chi connectivity index (χ0v) is 21.3. The van der Waals surface area contributed by atoms with E-state index in [9.17, 15) is 22.4 Å². The highest BCUT2D eigenvalue weighted by molar-refractivity contribution is 6.05. The summed E-state index contributed by atoms with van der Waals surface area (Å²) >= 11 is 0. The molecule has 0 radical (unpaired) electrons. The summed E-state index contributed by atoms with van der Waals surface area (Å²) in [4.78, 5) is 24.3. The number of benzene rings is 3. The minimum absolute atomic E-state index is 0.149. The molecule has 1 amide bonds. The minimum Gasteiger partial charge on any atom is -0.353 e. The fourth-order valence-electron chi connectivity index (χ4n) is 4.72. The first-order chi connectivity index (χ1) is 18.7. The Hall–Kier alpha value is -4.05. The number of aromatic nitrogens is 2. The van der Waals surface area contributed by atoms with E-state index in [1.165, 1.54) is 12.8 Å². The van der Waals surface area contributed by atoms with Gasteiger partial charge in [-0.25, -0.2) is 14.4 Å². The molecule has 1 aromatic heterocycles. The van der Waals surface area contributed by atoms with Crippen molar-refractivity contribution in [3.05, 3.63) is 83.3 Å². The van der Waals surface area contributed by atoms with Gasteiger partial charge in [-0.15, -0.1) is 0 Å². The van der Waals surface area contributed by atoms with Crippen LogP contribution in [0.4, 0.5) is 29.2 Å². The molecule has 0 aliphatic carbocycles. The number of fused-ring (bicyclic) bond motifs is 1. The lowest BCUT2D eigenvalue weighted by atomic mass is 9.97. The number of halogens is 4. The van der Waals surface area contributed by atoms with Crippen molar-refractivity contribution in [3.8, 4) is 11.1 Å². The van der Waals surface area contributed by atoms with Gasteiger partial charge in [0, 0.05) is 35.9 Å². The lowest BCUT2D eigenvalue weighted by Gasteiger charge is -2.15.